The number of thiophene rings is 1. The van der Waals surface area contributed by atoms with Crippen molar-refractivity contribution in [1.29, 1.82) is 0 Å². The molecule has 1 saturated heterocycles. The van der Waals surface area contributed by atoms with Crippen LogP contribution in [0.3, 0.4) is 0 Å². The summed E-state index contributed by atoms with van der Waals surface area (Å²) in [6, 6.07) is 4.09. The second-order valence-corrected chi connectivity index (χ2v) is 5.95. The summed E-state index contributed by atoms with van der Waals surface area (Å²) in [6.45, 7) is 6.40. The standard InChI is InChI=1S/C13H19N3O2S/c1-9-8-16(6-5-14-9)13(18)12-4-3-11(19-12)7-15-10(2)17/h3-4,9,14H,5-8H2,1-2H3,(H,15,17)/t9-/m0/s1. The van der Waals surface area contributed by atoms with Gasteiger partial charge in [-0.3, -0.25) is 9.59 Å². The zero-order chi connectivity index (χ0) is 13.8. The van der Waals surface area contributed by atoms with Crippen LogP contribution in [0.4, 0.5) is 0 Å². The van der Waals surface area contributed by atoms with Gasteiger partial charge in [-0.15, -0.1) is 11.3 Å². The fourth-order valence-electron chi connectivity index (χ4n) is 2.07. The number of nitrogens with zero attached hydrogens (tertiary/aromatic N) is 1. The molecule has 19 heavy (non-hydrogen) atoms. The normalized spacial score (nSPS) is 19.3. The molecule has 1 aliphatic heterocycles. The quantitative estimate of drug-likeness (QED) is 0.862. The molecule has 1 atom stereocenters. The largest absolute Gasteiger partial charge is 0.351 e. The van der Waals surface area contributed by atoms with E-state index >= 15 is 0 Å². The van der Waals surface area contributed by atoms with Crippen molar-refractivity contribution in [2.45, 2.75) is 26.4 Å². The highest BCUT2D eigenvalue weighted by atomic mass is 32.1. The number of nitrogens with one attached hydrogen (secondary N) is 2. The molecule has 6 heteroatoms. The van der Waals surface area contributed by atoms with Crippen molar-refractivity contribution in [3.63, 3.8) is 0 Å². The first-order chi connectivity index (χ1) is 9.06. The average Bonchev–Trinajstić information content (AvgIpc) is 2.84. The highest BCUT2D eigenvalue weighted by Gasteiger charge is 2.22. The number of rotatable bonds is 3. The van der Waals surface area contributed by atoms with E-state index in [1.165, 1.54) is 18.3 Å². The molecule has 2 heterocycles. The fraction of sp³-hybridized carbons (Fsp3) is 0.538. The van der Waals surface area contributed by atoms with Crippen LogP contribution in [-0.2, 0) is 11.3 Å². The van der Waals surface area contributed by atoms with Crippen molar-refractivity contribution in [2.75, 3.05) is 19.6 Å². The maximum atomic E-state index is 12.3. The minimum absolute atomic E-state index is 0.0581. The van der Waals surface area contributed by atoms with Crippen LogP contribution in [0.5, 0.6) is 0 Å². The Bertz CT molecular complexity index is 472. The Labute approximate surface area is 117 Å². The summed E-state index contributed by atoms with van der Waals surface area (Å²) in [5.41, 5.74) is 0. The summed E-state index contributed by atoms with van der Waals surface area (Å²) in [4.78, 5) is 26.8. The first-order valence-electron chi connectivity index (χ1n) is 6.42. The summed E-state index contributed by atoms with van der Waals surface area (Å²) in [6.07, 6.45) is 0. The van der Waals surface area contributed by atoms with E-state index in [1.54, 1.807) is 0 Å². The van der Waals surface area contributed by atoms with E-state index in [0.717, 1.165) is 29.4 Å². The zero-order valence-corrected chi connectivity index (χ0v) is 12.0. The highest BCUT2D eigenvalue weighted by molar-refractivity contribution is 7.14. The van der Waals surface area contributed by atoms with E-state index in [1.807, 2.05) is 17.0 Å². The Hall–Kier alpha value is -1.40. The van der Waals surface area contributed by atoms with Gasteiger partial charge >= 0.3 is 0 Å². The summed E-state index contributed by atoms with van der Waals surface area (Å²) in [5, 5.41) is 6.06. The molecule has 0 aliphatic carbocycles. The number of amides is 2. The van der Waals surface area contributed by atoms with Crippen LogP contribution in [0, 0.1) is 0 Å². The molecule has 0 radical (unpaired) electrons. The van der Waals surface area contributed by atoms with Crippen LogP contribution in [-0.4, -0.2) is 42.4 Å². The van der Waals surface area contributed by atoms with Gasteiger partial charge in [0.2, 0.25) is 5.91 Å². The summed E-state index contributed by atoms with van der Waals surface area (Å²) < 4.78 is 0. The molecule has 0 spiro atoms. The molecule has 5 nitrogen and oxygen atoms in total. The monoisotopic (exact) mass is 281 g/mol. The minimum Gasteiger partial charge on any atom is -0.351 e. The smallest absolute Gasteiger partial charge is 0.264 e. The van der Waals surface area contributed by atoms with Crippen molar-refractivity contribution < 1.29 is 9.59 Å². The molecule has 1 fully saturated rings. The van der Waals surface area contributed by atoms with Crippen LogP contribution in [0.1, 0.15) is 28.4 Å². The van der Waals surface area contributed by atoms with Gasteiger partial charge in [-0.1, -0.05) is 0 Å². The number of hydrogen-bond donors (Lipinski definition) is 2. The molecule has 0 aromatic carbocycles. The van der Waals surface area contributed by atoms with E-state index in [-0.39, 0.29) is 11.8 Å². The fourth-order valence-corrected chi connectivity index (χ4v) is 2.99. The number of piperazine rings is 1. The van der Waals surface area contributed by atoms with Crippen molar-refractivity contribution in [2.24, 2.45) is 0 Å². The Balaban J connectivity index is 1.97. The number of carbonyl (C=O) groups excluding carboxylic acids is 2. The van der Waals surface area contributed by atoms with Gasteiger partial charge in [-0.05, 0) is 19.1 Å². The molecule has 2 amide bonds. The Morgan fingerprint density at radius 3 is 3.00 bits per heavy atom. The van der Waals surface area contributed by atoms with Gasteiger partial charge in [0.1, 0.15) is 0 Å². The van der Waals surface area contributed by atoms with Gasteiger partial charge in [0.25, 0.3) is 5.91 Å². The van der Waals surface area contributed by atoms with Gasteiger partial charge in [-0.2, -0.15) is 0 Å². The Morgan fingerprint density at radius 1 is 1.53 bits per heavy atom. The lowest BCUT2D eigenvalue weighted by atomic mass is 10.2. The number of carbonyl (C=O) groups is 2. The molecule has 2 rings (SSSR count). The SMILES string of the molecule is CC(=O)NCc1ccc(C(=O)N2CCN[C@@H](C)C2)s1. The Morgan fingerprint density at radius 2 is 2.32 bits per heavy atom. The van der Waals surface area contributed by atoms with E-state index < -0.39 is 0 Å². The molecule has 104 valence electrons. The second-order valence-electron chi connectivity index (χ2n) is 4.78. The maximum absolute atomic E-state index is 12.3. The van der Waals surface area contributed by atoms with Crippen molar-refractivity contribution in [3.05, 3.63) is 21.9 Å². The van der Waals surface area contributed by atoms with Crippen LogP contribution >= 0.6 is 11.3 Å². The average molecular weight is 281 g/mol. The van der Waals surface area contributed by atoms with Gasteiger partial charge in [0.15, 0.2) is 0 Å². The van der Waals surface area contributed by atoms with Crippen molar-refractivity contribution in [1.82, 2.24) is 15.5 Å². The summed E-state index contributed by atoms with van der Waals surface area (Å²) in [7, 11) is 0. The zero-order valence-electron chi connectivity index (χ0n) is 11.2. The summed E-state index contributed by atoms with van der Waals surface area (Å²) >= 11 is 1.45. The molecule has 0 saturated carbocycles. The molecule has 2 N–H and O–H groups in total. The third-order valence-electron chi connectivity index (χ3n) is 3.04. The van der Waals surface area contributed by atoms with E-state index in [0.29, 0.717) is 12.6 Å². The van der Waals surface area contributed by atoms with Crippen LogP contribution < -0.4 is 10.6 Å². The second kappa shape index (κ2) is 6.16. The van der Waals surface area contributed by atoms with Crippen LogP contribution in [0.15, 0.2) is 12.1 Å². The van der Waals surface area contributed by atoms with Crippen LogP contribution in [0.25, 0.3) is 0 Å². The first-order valence-corrected chi connectivity index (χ1v) is 7.23. The minimum atomic E-state index is -0.0581. The molecule has 0 unspecified atom stereocenters. The lowest BCUT2D eigenvalue weighted by Gasteiger charge is -2.31. The van der Waals surface area contributed by atoms with E-state index in [2.05, 4.69) is 17.6 Å². The van der Waals surface area contributed by atoms with Gasteiger partial charge in [0.05, 0.1) is 11.4 Å². The molecule has 1 aromatic rings. The predicted molar refractivity (Wildman–Crippen MR) is 75.2 cm³/mol. The molecule has 1 aromatic heterocycles. The van der Waals surface area contributed by atoms with Gasteiger partial charge in [0, 0.05) is 37.5 Å². The van der Waals surface area contributed by atoms with Crippen molar-refractivity contribution >= 4 is 23.2 Å². The molecular weight excluding hydrogens is 262 g/mol. The highest BCUT2D eigenvalue weighted by Crippen LogP contribution is 2.19. The lowest BCUT2D eigenvalue weighted by Crippen LogP contribution is -2.51. The third-order valence-corrected chi connectivity index (χ3v) is 4.11. The number of hydrogen-bond acceptors (Lipinski definition) is 4. The van der Waals surface area contributed by atoms with E-state index in [9.17, 15) is 9.59 Å². The van der Waals surface area contributed by atoms with E-state index in [4.69, 9.17) is 0 Å². The third kappa shape index (κ3) is 3.78. The molecule has 0 bridgehead atoms. The first kappa shape index (κ1) is 14.0. The van der Waals surface area contributed by atoms with Crippen molar-refractivity contribution in [3.8, 4) is 0 Å². The van der Waals surface area contributed by atoms with Crippen LogP contribution in [0.2, 0.25) is 0 Å². The topological polar surface area (TPSA) is 61.4 Å². The predicted octanol–water partition coefficient (Wildman–Crippen LogP) is 0.818. The lowest BCUT2D eigenvalue weighted by molar-refractivity contribution is -0.119. The Kier molecular flexibility index (Phi) is 4.55. The summed E-state index contributed by atoms with van der Waals surface area (Å²) in [5.74, 6) is 0.0321. The molecule has 1 aliphatic rings. The maximum Gasteiger partial charge on any atom is 0.264 e. The van der Waals surface area contributed by atoms with Gasteiger partial charge in [-0.25, -0.2) is 0 Å². The molecular formula is C13H19N3O2S. The van der Waals surface area contributed by atoms with Gasteiger partial charge < -0.3 is 15.5 Å².